The van der Waals surface area contributed by atoms with Gasteiger partial charge in [0.2, 0.25) is 5.89 Å². The number of anilines is 2. The van der Waals surface area contributed by atoms with E-state index in [1.54, 1.807) is 23.9 Å². The Kier molecular flexibility index (Phi) is 5.62. The van der Waals surface area contributed by atoms with Crippen LogP contribution in [0.3, 0.4) is 0 Å². The molecule has 1 saturated heterocycles. The molecule has 1 aliphatic heterocycles. The lowest BCUT2D eigenvalue weighted by Gasteiger charge is -2.32. The van der Waals surface area contributed by atoms with Crippen molar-refractivity contribution in [3.05, 3.63) is 34.2 Å². The maximum absolute atomic E-state index is 12.8. The van der Waals surface area contributed by atoms with Crippen molar-refractivity contribution < 1.29 is 31.0 Å². The van der Waals surface area contributed by atoms with E-state index in [4.69, 9.17) is 4.52 Å². The molecule has 0 aliphatic carbocycles. The summed E-state index contributed by atoms with van der Waals surface area (Å²) in [4.78, 5) is 16.9. The number of sulfone groups is 1. The van der Waals surface area contributed by atoms with E-state index in [1.807, 2.05) is 0 Å². The predicted octanol–water partition coefficient (Wildman–Crippen LogP) is 2.72. The first kappa shape index (κ1) is 21.8. The van der Waals surface area contributed by atoms with Gasteiger partial charge >= 0.3 is 5.51 Å². The monoisotopic (exact) mass is 449 g/mol. The van der Waals surface area contributed by atoms with Crippen LogP contribution in [0.1, 0.15) is 24.7 Å². The molecule has 1 aliphatic rings. The summed E-state index contributed by atoms with van der Waals surface area (Å²) < 4.78 is 66.9. The first-order valence-corrected chi connectivity index (χ1v) is 10.3. The molecule has 10 nitrogen and oxygen atoms in total. The van der Waals surface area contributed by atoms with Gasteiger partial charge in [0, 0.05) is 33.3 Å². The fourth-order valence-electron chi connectivity index (χ4n) is 3.19. The Morgan fingerprint density at radius 1 is 1.33 bits per heavy atom. The van der Waals surface area contributed by atoms with Crippen LogP contribution in [0.4, 0.5) is 30.5 Å². The number of benzene rings is 1. The van der Waals surface area contributed by atoms with Crippen LogP contribution in [0.25, 0.3) is 0 Å². The van der Waals surface area contributed by atoms with Gasteiger partial charge in [0.1, 0.15) is 5.69 Å². The molecule has 0 N–H and O–H groups in total. The minimum atomic E-state index is -5.70. The lowest BCUT2D eigenvalue weighted by atomic mass is 9.97. The number of nitrogens with zero attached hydrogens (tertiary/aromatic N) is 5. The molecule has 30 heavy (non-hydrogen) atoms. The van der Waals surface area contributed by atoms with Crippen LogP contribution < -0.4 is 9.80 Å². The van der Waals surface area contributed by atoms with E-state index < -0.39 is 30.9 Å². The summed E-state index contributed by atoms with van der Waals surface area (Å²) in [5.41, 5.74) is -6.25. The molecule has 0 bridgehead atoms. The third kappa shape index (κ3) is 4.04. The van der Waals surface area contributed by atoms with Crippen LogP contribution in [-0.2, 0) is 9.84 Å². The summed E-state index contributed by atoms with van der Waals surface area (Å²) in [5, 5.41) is 15.3. The second kappa shape index (κ2) is 7.74. The van der Waals surface area contributed by atoms with Gasteiger partial charge < -0.3 is 14.3 Å². The maximum atomic E-state index is 12.8. The lowest BCUT2D eigenvalue weighted by Crippen LogP contribution is -2.35. The van der Waals surface area contributed by atoms with E-state index in [-0.39, 0.29) is 18.2 Å². The summed E-state index contributed by atoms with van der Waals surface area (Å²) in [6, 6.07) is 2.20. The van der Waals surface area contributed by atoms with Crippen LogP contribution in [0.2, 0.25) is 0 Å². The van der Waals surface area contributed by atoms with Gasteiger partial charge in [0.05, 0.1) is 15.7 Å². The third-order valence-corrected chi connectivity index (χ3v) is 6.18. The summed E-state index contributed by atoms with van der Waals surface area (Å²) in [7, 11) is -2.22. The van der Waals surface area contributed by atoms with Gasteiger partial charge in [-0.15, -0.1) is 0 Å². The average Bonchev–Trinajstić information content (AvgIpc) is 3.17. The zero-order chi connectivity index (χ0) is 22.3. The number of piperidine rings is 1. The topological polar surface area (TPSA) is 123 Å². The van der Waals surface area contributed by atoms with Gasteiger partial charge in [-0.25, -0.2) is 8.42 Å². The molecule has 164 valence electrons. The van der Waals surface area contributed by atoms with Crippen LogP contribution >= 0.6 is 0 Å². The fraction of sp³-hybridized carbons (Fsp3) is 0.500. The molecule has 1 aromatic carbocycles. The normalized spacial score (nSPS) is 17.8. The van der Waals surface area contributed by atoms with Crippen molar-refractivity contribution in [2.45, 2.75) is 29.2 Å². The quantitative estimate of drug-likeness (QED) is 0.501. The Balaban J connectivity index is 1.93. The molecule has 1 atom stereocenters. The summed E-state index contributed by atoms with van der Waals surface area (Å²) in [6.45, 7) is 0.651. The second-order valence-electron chi connectivity index (χ2n) is 6.97. The van der Waals surface area contributed by atoms with Crippen LogP contribution in [0.5, 0.6) is 0 Å². The van der Waals surface area contributed by atoms with Crippen molar-refractivity contribution in [2.75, 3.05) is 37.0 Å². The van der Waals surface area contributed by atoms with Gasteiger partial charge in [-0.3, -0.25) is 10.1 Å². The zero-order valence-electron chi connectivity index (χ0n) is 16.0. The number of hydrogen-bond donors (Lipinski definition) is 0. The highest BCUT2D eigenvalue weighted by molar-refractivity contribution is 7.92. The van der Waals surface area contributed by atoms with Crippen molar-refractivity contribution in [1.29, 1.82) is 0 Å². The smallest absolute Gasteiger partial charge is 0.365 e. The van der Waals surface area contributed by atoms with Crippen LogP contribution in [-0.4, -0.2) is 56.2 Å². The number of alkyl halides is 3. The molecule has 0 radical (unpaired) electrons. The molecule has 1 unspecified atom stereocenters. The molecule has 0 amide bonds. The van der Waals surface area contributed by atoms with Gasteiger partial charge in [-0.2, -0.15) is 18.2 Å². The minimum absolute atomic E-state index is 0.0261. The third-order valence-electron chi connectivity index (χ3n) is 4.70. The van der Waals surface area contributed by atoms with Gasteiger partial charge in [-0.1, -0.05) is 0 Å². The van der Waals surface area contributed by atoms with Crippen LogP contribution in [0, 0.1) is 10.1 Å². The molecule has 0 spiro atoms. The zero-order valence-corrected chi connectivity index (χ0v) is 16.8. The average molecular weight is 449 g/mol. The van der Waals surface area contributed by atoms with Gasteiger partial charge in [0.15, 0.2) is 0 Å². The predicted molar refractivity (Wildman–Crippen MR) is 99.2 cm³/mol. The van der Waals surface area contributed by atoms with E-state index in [0.717, 1.165) is 12.1 Å². The SMILES string of the molecule is CN(C)c1noc(C2CCCN(c3ccc(S(=O)(=O)C(F)(F)F)cc3[N+](=O)[O-])C2)n1. The molecule has 2 aromatic rings. The summed E-state index contributed by atoms with van der Waals surface area (Å²) in [6.07, 6.45) is 1.30. The van der Waals surface area contributed by atoms with Crippen LogP contribution in [0.15, 0.2) is 27.6 Å². The Bertz CT molecular complexity index is 1050. The highest BCUT2D eigenvalue weighted by Gasteiger charge is 2.47. The number of aromatic nitrogens is 2. The minimum Gasteiger partial charge on any atom is -0.365 e. The molecule has 14 heteroatoms. The van der Waals surface area contributed by atoms with E-state index in [0.29, 0.717) is 37.3 Å². The molecular weight excluding hydrogens is 431 g/mol. The van der Waals surface area contributed by atoms with Crippen molar-refractivity contribution >= 4 is 27.2 Å². The number of nitro groups is 1. The highest BCUT2D eigenvalue weighted by Crippen LogP contribution is 2.38. The second-order valence-corrected chi connectivity index (χ2v) is 8.91. The molecule has 0 saturated carbocycles. The maximum Gasteiger partial charge on any atom is 0.501 e. The van der Waals surface area contributed by atoms with E-state index >= 15 is 0 Å². The fourth-order valence-corrected chi connectivity index (χ4v) is 3.97. The van der Waals surface area contributed by atoms with E-state index in [9.17, 15) is 31.7 Å². The Morgan fingerprint density at radius 3 is 2.60 bits per heavy atom. The first-order chi connectivity index (χ1) is 13.9. The molecule has 2 heterocycles. The van der Waals surface area contributed by atoms with Gasteiger partial charge in [0.25, 0.3) is 21.5 Å². The van der Waals surface area contributed by atoms with Crippen molar-refractivity contribution in [1.82, 2.24) is 10.1 Å². The molecule has 3 rings (SSSR count). The number of rotatable bonds is 5. The summed E-state index contributed by atoms with van der Waals surface area (Å²) in [5.74, 6) is 0.482. The Morgan fingerprint density at radius 2 is 2.03 bits per heavy atom. The van der Waals surface area contributed by atoms with Crippen molar-refractivity contribution in [3.63, 3.8) is 0 Å². The first-order valence-electron chi connectivity index (χ1n) is 8.77. The summed E-state index contributed by atoms with van der Waals surface area (Å²) >= 11 is 0. The highest BCUT2D eigenvalue weighted by atomic mass is 32.2. The standard InChI is InChI=1S/C16H18F3N5O5S/c1-22(2)15-20-14(29-21-15)10-4-3-7-23(9-10)12-6-5-11(8-13(12)24(25)26)30(27,28)16(17,18)19/h5-6,8,10H,3-4,7,9H2,1-2H3. The number of hydrogen-bond acceptors (Lipinski definition) is 9. The van der Waals surface area contributed by atoms with Crippen molar-refractivity contribution in [3.8, 4) is 0 Å². The number of halogens is 3. The Labute approximate surface area is 169 Å². The van der Waals surface area contributed by atoms with E-state index in [1.165, 1.54) is 0 Å². The largest absolute Gasteiger partial charge is 0.501 e. The molecule has 1 fully saturated rings. The van der Waals surface area contributed by atoms with E-state index in [2.05, 4.69) is 10.1 Å². The lowest BCUT2D eigenvalue weighted by molar-refractivity contribution is -0.384. The number of nitro benzene ring substituents is 1. The molecular formula is C16H18F3N5O5S. The Hall–Kier alpha value is -2.90. The van der Waals surface area contributed by atoms with Crippen molar-refractivity contribution in [2.24, 2.45) is 0 Å². The van der Waals surface area contributed by atoms with Gasteiger partial charge in [-0.05, 0) is 30.1 Å². The molecule has 1 aromatic heterocycles.